The van der Waals surface area contributed by atoms with Crippen molar-refractivity contribution in [3.63, 3.8) is 0 Å². The molecule has 140 valence electrons. The summed E-state index contributed by atoms with van der Waals surface area (Å²) in [6.07, 6.45) is 14.9. The average molecular weight is 345 g/mol. The zero-order valence-electron chi connectivity index (χ0n) is 16.2. The molecule has 1 fully saturated rings. The molecule has 0 aromatic heterocycles. The van der Waals surface area contributed by atoms with Crippen LogP contribution in [0.1, 0.15) is 89.2 Å². The predicted octanol–water partition coefficient (Wildman–Crippen LogP) is 6.41. The van der Waals surface area contributed by atoms with Crippen LogP contribution in [0.25, 0.3) is 0 Å². The van der Waals surface area contributed by atoms with Gasteiger partial charge < -0.3 is 5.11 Å². The van der Waals surface area contributed by atoms with Crippen LogP contribution in [-0.4, -0.2) is 11.1 Å². The number of aryl methyl sites for hydroxylation is 2. The monoisotopic (exact) mass is 344 g/mol. The van der Waals surface area contributed by atoms with Gasteiger partial charge in [-0.1, -0.05) is 69.2 Å². The second-order valence-corrected chi connectivity index (χ2v) is 8.61. The number of benzene rings is 1. The molecule has 2 nitrogen and oxygen atoms in total. The summed E-state index contributed by atoms with van der Waals surface area (Å²) in [5, 5.41) is 9.14. The summed E-state index contributed by atoms with van der Waals surface area (Å²) in [5.74, 6) is 0.390. The smallest absolute Gasteiger partial charge is 0.309 e. The molecule has 1 saturated carbocycles. The third-order valence-corrected chi connectivity index (χ3v) is 5.61. The lowest BCUT2D eigenvalue weighted by atomic mass is 9.87. The molecule has 0 aliphatic heterocycles. The van der Waals surface area contributed by atoms with Crippen LogP contribution < -0.4 is 0 Å². The molecule has 1 aliphatic carbocycles. The van der Waals surface area contributed by atoms with Crippen LogP contribution in [0.4, 0.5) is 0 Å². The molecule has 2 heteroatoms. The molecule has 0 heterocycles. The maximum absolute atomic E-state index is 11.1. The minimum atomic E-state index is -0.683. The second-order valence-electron chi connectivity index (χ2n) is 8.61. The van der Waals surface area contributed by atoms with Crippen LogP contribution in [0.2, 0.25) is 0 Å². The number of carboxylic acid groups (broad SMARTS) is 1. The summed E-state index contributed by atoms with van der Waals surface area (Å²) < 4.78 is 0. The highest BCUT2D eigenvalue weighted by atomic mass is 16.4. The number of carboxylic acids is 1. The lowest BCUT2D eigenvalue weighted by molar-refractivity contribution is -0.147. The predicted molar refractivity (Wildman–Crippen MR) is 105 cm³/mol. The number of unbranched alkanes of at least 4 members (excludes halogenated alkanes) is 4. The van der Waals surface area contributed by atoms with Crippen molar-refractivity contribution in [3.05, 3.63) is 35.4 Å². The molecule has 1 aliphatic rings. The third-order valence-electron chi connectivity index (χ3n) is 5.61. The van der Waals surface area contributed by atoms with E-state index in [9.17, 15) is 4.79 Å². The second kappa shape index (κ2) is 9.99. The van der Waals surface area contributed by atoms with E-state index in [1.54, 1.807) is 0 Å². The van der Waals surface area contributed by atoms with Crippen LogP contribution >= 0.6 is 0 Å². The summed E-state index contributed by atoms with van der Waals surface area (Å²) in [5.41, 5.74) is 2.34. The Hall–Kier alpha value is -1.31. The van der Waals surface area contributed by atoms with Gasteiger partial charge in [0.1, 0.15) is 0 Å². The van der Waals surface area contributed by atoms with Crippen molar-refractivity contribution in [1.29, 1.82) is 0 Å². The van der Waals surface area contributed by atoms with E-state index < -0.39 is 11.4 Å². The Labute approximate surface area is 154 Å². The zero-order valence-corrected chi connectivity index (χ0v) is 16.2. The standard InChI is InChI=1S/C23H36O2/c1-23(2,22(24)25)17-8-4-7-12-21-14-9-13-20(18-21)11-6-3-5-10-19-15-16-19/h9,13-14,18-19H,3-8,10-12,15-17H2,1-2H3,(H,24,25). The largest absolute Gasteiger partial charge is 0.481 e. The first-order valence-corrected chi connectivity index (χ1v) is 10.3. The van der Waals surface area contributed by atoms with E-state index in [1.807, 2.05) is 13.8 Å². The Balaban J connectivity index is 1.59. The molecule has 0 saturated heterocycles. The Morgan fingerprint density at radius 3 is 2.16 bits per heavy atom. The Kier molecular flexibility index (Phi) is 7.99. The first kappa shape index (κ1) is 20.0. The van der Waals surface area contributed by atoms with E-state index in [-0.39, 0.29) is 0 Å². The first-order chi connectivity index (χ1) is 12.0. The van der Waals surface area contributed by atoms with Gasteiger partial charge in [-0.2, -0.15) is 0 Å². The van der Waals surface area contributed by atoms with Gasteiger partial charge in [0.05, 0.1) is 5.41 Å². The number of rotatable bonds is 13. The fourth-order valence-electron chi connectivity index (χ4n) is 3.47. The summed E-state index contributed by atoms with van der Waals surface area (Å²) in [4.78, 5) is 11.1. The molecular weight excluding hydrogens is 308 g/mol. The molecule has 2 rings (SSSR count). The normalized spacial score (nSPS) is 14.6. The molecule has 0 amide bonds. The van der Waals surface area contributed by atoms with E-state index in [2.05, 4.69) is 24.3 Å². The molecule has 0 unspecified atom stereocenters. The van der Waals surface area contributed by atoms with Crippen LogP contribution in [0.3, 0.4) is 0 Å². The minimum absolute atomic E-state index is 0.584. The van der Waals surface area contributed by atoms with Crippen molar-refractivity contribution < 1.29 is 9.90 Å². The Morgan fingerprint density at radius 1 is 1.00 bits per heavy atom. The van der Waals surface area contributed by atoms with Gasteiger partial charge >= 0.3 is 5.97 Å². The molecule has 25 heavy (non-hydrogen) atoms. The van der Waals surface area contributed by atoms with Crippen LogP contribution in [0.15, 0.2) is 24.3 Å². The molecule has 1 aromatic rings. The van der Waals surface area contributed by atoms with Crippen molar-refractivity contribution in [1.82, 2.24) is 0 Å². The SMILES string of the molecule is CC(C)(CCCCCc1cccc(CCCCCC2CC2)c1)C(=O)O. The highest BCUT2D eigenvalue weighted by molar-refractivity contribution is 5.73. The van der Waals surface area contributed by atoms with Gasteiger partial charge in [0.15, 0.2) is 0 Å². The maximum Gasteiger partial charge on any atom is 0.309 e. The molecule has 0 spiro atoms. The molecule has 1 aromatic carbocycles. The van der Waals surface area contributed by atoms with Crippen molar-refractivity contribution in [2.75, 3.05) is 0 Å². The van der Waals surface area contributed by atoms with Crippen molar-refractivity contribution in [2.45, 2.75) is 90.9 Å². The van der Waals surface area contributed by atoms with E-state index in [4.69, 9.17) is 5.11 Å². The quantitative estimate of drug-likeness (QED) is 0.420. The summed E-state index contributed by atoms with van der Waals surface area (Å²) in [7, 11) is 0. The van der Waals surface area contributed by atoms with Crippen molar-refractivity contribution in [3.8, 4) is 0 Å². The van der Waals surface area contributed by atoms with Crippen LogP contribution in [0, 0.1) is 11.3 Å². The van der Waals surface area contributed by atoms with Gasteiger partial charge in [-0.3, -0.25) is 4.79 Å². The van der Waals surface area contributed by atoms with Gasteiger partial charge in [0, 0.05) is 0 Å². The highest BCUT2D eigenvalue weighted by Crippen LogP contribution is 2.34. The van der Waals surface area contributed by atoms with Gasteiger partial charge in [-0.05, 0) is 63.0 Å². The Bertz CT molecular complexity index is 529. The van der Waals surface area contributed by atoms with E-state index in [1.165, 1.54) is 56.1 Å². The summed E-state index contributed by atoms with van der Waals surface area (Å²) >= 11 is 0. The van der Waals surface area contributed by atoms with E-state index in [0.29, 0.717) is 0 Å². The number of hydrogen-bond donors (Lipinski definition) is 1. The van der Waals surface area contributed by atoms with Gasteiger partial charge in [0.25, 0.3) is 0 Å². The fraction of sp³-hybridized carbons (Fsp3) is 0.696. The van der Waals surface area contributed by atoms with E-state index in [0.717, 1.165) is 38.0 Å². The fourth-order valence-corrected chi connectivity index (χ4v) is 3.47. The topological polar surface area (TPSA) is 37.3 Å². The van der Waals surface area contributed by atoms with Crippen LogP contribution in [-0.2, 0) is 17.6 Å². The zero-order chi connectivity index (χ0) is 18.1. The molecule has 0 atom stereocenters. The summed E-state index contributed by atoms with van der Waals surface area (Å²) in [6.45, 7) is 3.65. The van der Waals surface area contributed by atoms with Crippen molar-refractivity contribution >= 4 is 5.97 Å². The van der Waals surface area contributed by atoms with Gasteiger partial charge in [0.2, 0.25) is 0 Å². The molecule has 0 bridgehead atoms. The lowest BCUT2D eigenvalue weighted by Gasteiger charge is -2.18. The lowest BCUT2D eigenvalue weighted by Crippen LogP contribution is -2.23. The van der Waals surface area contributed by atoms with Gasteiger partial charge in [-0.25, -0.2) is 0 Å². The first-order valence-electron chi connectivity index (χ1n) is 10.3. The molecular formula is C23H36O2. The molecule has 0 radical (unpaired) electrons. The summed E-state index contributed by atoms with van der Waals surface area (Å²) in [6, 6.07) is 9.07. The number of aliphatic carboxylic acids is 1. The molecule has 1 N–H and O–H groups in total. The van der Waals surface area contributed by atoms with Crippen molar-refractivity contribution in [2.24, 2.45) is 11.3 Å². The Morgan fingerprint density at radius 2 is 1.60 bits per heavy atom. The number of carbonyl (C=O) groups is 1. The third kappa shape index (κ3) is 8.07. The van der Waals surface area contributed by atoms with Gasteiger partial charge in [-0.15, -0.1) is 0 Å². The maximum atomic E-state index is 11.1. The minimum Gasteiger partial charge on any atom is -0.481 e. The number of hydrogen-bond acceptors (Lipinski definition) is 1. The van der Waals surface area contributed by atoms with E-state index >= 15 is 0 Å². The average Bonchev–Trinajstić information content (AvgIpc) is 3.39. The van der Waals surface area contributed by atoms with Crippen LogP contribution in [0.5, 0.6) is 0 Å². The highest BCUT2D eigenvalue weighted by Gasteiger charge is 2.25.